The highest BCUT2D eigenvalue weighted by molar-refractivity contribution is 4.87. The van der Waals surface area contributed by atoms with Crippen LogP contribution >= 0.6 is 0 Å². The number of hydrogen-bond acceptors (Lipinski definition) is 3. The van der Waals surface area contributed by atoms with Crippen LogP contribution in [0.1, 0.15) is 6.92 Å². The summed E-state index contributed by atoms with van der Waals surface area (Å²) in [6.07, 6.45) is 0. The van der Waals surface area contributed by atoms with E-state index in [9.17, 15) is 0 Å². The lowest BCUT2D eigenvalue weighted by molar-refractivity contribution is 0.152. The second-order valence-electron chi connectivity index (χ2n) is 2.75. The Kier molecular flexibility index (Phi) is 8.44. The molecule has 0 aromatic heterocycles. The number of methoxy groups -OCH3 is 1. The fraction of sp³-hybridized carbons (Fsp3) is 0.778. The molecular formula is C9H19NO2. The SMILES string of the molecule is C=C(C)COCCNCCOC. The fourth-order valence-electron chi connectivity index (χ4n) is 0.690. The molecule has 0 heterocycles. The molecule has 0 atom stereocenters. The third kappa shape index (κ3) is 9.62. The van der Waals surface area contributed by atoms with E-state index < -0.39 is 0 Å². The Morgan fingerprint density at radius 2 is 2.00 bits per heavy atom. The lowest BCUT2D eigenvalue weighted by atomic mass is 10.4. The zero-order chi connectivity index (χ0) is 9.23. The summed E-state index contributed by atoms with van der Waals surface area (Å²) in [6.45, 7) is 9.59. The van der Waals surface area contributed by atoms with Crippen LogP contribution in [0.3, 0.4) is 0 Å². The topological polar surface area (TPSA) is 30.5 Å². The van der Waals surface area contributed by atoms with Crippen molar-refractivity contribution < 1.29 is 9.47 Å². The summed E-state index contributed by atoms with van der Waals surface area (Å²) in [5, 5.41) is 3.18. The predicted octanol–water partition coefficient (Wildman–Crippen LogP) is 0.815. The normalized spacial score (nSPS) is 10.2. The van der Waals surface area contributed by atoms with Crippen LogP contribution in [0.4, 0.5) is 0 Å². The second kappa shape index (κ2) is 8.71. The highest BCUT2D eigenvalue weighted by Gasteiger charge is 1.88. The van der Waals surface area contributed by atoms with Gasteiger partial charge in [-0.05, 0) is 6.92 Å². The number of rotatable bonds is 8. The van der Waals surface area contributed by atoms with Gasteiger partial charge in [-0.25, -0.2) is 0 Å². The largest absolute Gasteiger partial charge is 0.383 e. The van der Waals surface area contributed by atoms with Crippen LogP contribution in [-0.4, -0.2) is 40.0 Å². The third-order valence-electron chi connectivity index (χ3n) is 1.25. The quantitative estimate of drug-likeness (QED) is 0.435. The van der Waals surface area contributed by atoms with E-state index in [-0.39, 0.29) is 0 Å². The molecule has 0 aliphatic heterocycles. The van der Waals surface area contributed by atoms with Gasteiger partial charge in [-0.2, -0.15) is 0 Å². The minimum Gasteiger partial charge on any atom is -0.383 e. The highest BCUT2D eigenvalue weighted by atomic mass is 16.5. The van der Waals surface area contributed by atoms with Crippen LogP contribution in [-0.2, 0) is 9.47 Å². The monoisotopic (exact) mass is 173 g/mol. The van der Waals surface area contributed by atoms with E-state index in [0.717, 1.165) is 31.9 Å². The molecule has 0 spiro atoms. The number of nitrogens with one attached hydrogen (secondary N) is 1. The van der Waals surface area contributed by atoms with E-state index in [1.54, 1.807) is 7.11 Å². The Morgan fingerprint density at radius 1 is 1.33 bits per heavy atom. The van der Waals surface area contributed by atoms with Crippen LogP contribution in [0, 0.1) is 0 Å². The second-order valence-corrected chi connectivity index (χ2v) is 2.75. The van der Waals surface area contributed by atoms with Crippen molar-refractivity contribution in [1.82, 2.24) is 5.32 Å². The van der Waals surface area contributed by atoms with Crippen molar-refractivity contribution in [3.05, 3.63) is 12.2 Å². The van der Waals surface area contributed by atoms with Gasteiger partial charge in [-0.3, -0.25) is 0 Å². The minimum atomic E-state index is 0.659. The van der Waals surface area contributed by atoms with Crippen LogP contribution in [0.5, 0.6) is 0 Å². The van der Waals surface area contributed by atoms with E-state index in [0.29, 0.717) is 6.61 Å². The van der Waals surface area contributed by atoms with Crippen molar-refractivity contribution in [2.24, 2.45) is 0 Å². The van der Waals surface area contributed by atoms with Gasteiger partial charge in [0.15, 0.2) is 0 Å². The van der Waals surface area contributed by atoms with Crippen molar-refractivity contribution in [2.45, 2.75) is 6.92 Å². The average molecular weight is 173 g/mol. The van der Waals surface area contributed by atoms with Gasteiger partial charge in [-0.1, -0.05) is 12.2 Å². The molecule has 72 valence electrons. The number of ether oxygens (including phenoxy) is 2. The summed E-state index contributed by atoms with van der Waals surface area (Å²) in [6, 6.07) is 0. The Morgan fingerprint density at radius 3 is 2.58 bits per heavy atom. The molecule has 0 aliphatic carbocycles. The molecule has 0 aromatic carbocycles. The molecule has 0 unspecified atom stereocenters. The van der Waals surface area contributed by atoms with Gasteiger partial charge in [-0.15, -0.1) is 0 Å². The molecule has 0 aromatic rings. The summed E-state index contributed by atoms with van der Waals surface area (Å²) in [5.41, 5.74) is 1.06. The Labute approximate surface area is 74.7 Å². The predicted molar refractivity (Wildman–Crippen MR) is 50.4 cm³/mol. The van der Waals surface area contributed by atoms with Crippen LogP contribution < -0.4 is 5.32 Å². The molecule has 0 saturated heterocycles. The smallest absolute Gasteiger partial charge is 0.0672 e. The first kappa shape index (κ1) is 11.6. The average Bonchev–Trinajstić information content (AvgIpc) is 2.02. The summed E-state index contributed by atoms with van der Waals surface area (Å²) in [4.78, 5) is 0. The maximum Gasteiger partial charge on any atom is 0.0672 e. The van der Waals surface area contributed by atoms with Gasteiger partial charge in [0, 0.05) is 20.2 Å². The molecular weight excluding hydrogens is 154 g/mol. The maximum atomic E-state index is 5.27. The Hall–Kier alpha value is -0.380. The molecule has 0 bridgehead atoms. The molecule has 0 amide bonds. The highest BCUT2D eigenvalue weighted by Crippen LogP contribution is 1.86. The standard InChI is InChI=1S/C9H19NO2/c1-9(2)8-12-7-5-10-4-6-11-3/h10H,1,4-8H2,2-3H3. The summed E-state index contributed by atoms with van der Waals surface area (Å²) < 4.78 is 10.1. The zero-order valence-electron chi connectivity index (χ0n) is 8.06. The summed E-state index contributed by atoms with van der Waals surface area (Å²) in [5.74, 6) is 0. The first-order valence-corrected chi connectivity index (χ1v) is 4.19. The van der Waals surface area contributed by atoms with Gasteiger partial charge < -0.3 is 14.8 Å². The van der Waals surface area contributed by atoms with Crippen LogP contribution in [0.25, 0.3) is 0 Å². The van der Waals surface area contributed by atoms with E-state index in [2.05, 4.69) is 11.9 Å². The summed E-state index contributed by atoms with van der Waals surface area (Å²) in [7, 11) is 1.69. The Bertz CT molecular complexity index is 115. The van der Waals surface area contributed by atoms with Crippen molar-refractivity contribution in [3.8, 4) is 0 Å². The molecule has 0 radical (unpaired) electrons. The van der Waals surface area contributed by atoms with Crippen molar-refractivity contribution in [2.75, 3.05) is 40.0 Å². The van der Waals surface area contributed by atoms with E-state index in [1.165, 1.54) is 0 Å². The van der Waals surface area contributed by atoms with Crippen molar-refractivity contribution in [3.63, 3.8) is 0 Å². The van der Waals surface area contributed by atoms with E-state index in [1.807, 2.05) is 6.92 Å². The van der Waals surface area contributed by atoms with Crippen LogP contribution in [0.15, 0.2) is 12.2 Å². The van der Waals surface area contributed by atoms with Crippen LogP contribution in [0.2, 0.25) is 0 Å². The lowest BCUT2D eigenvalue weighted by Gasteiger charge is -2.04. The van der Waals surface area contributed by atoms with Gasteiger partial charge >= 0.3 is 0 Å². The first-order chi connectivity index (χ1) is 5.77. The molecule has 0 fully saturated rings. The molecule has 0 rings (SSSR count). The maximum absolute atomic E-state index is 5.27. The summed E-state index contributed by atoms with van der Waals surface area (Å²) >= 11 is 0. The third-order valence-corrected chi connectivity index (χ3v) is 1.25. The van der Waals surface area contributed by atoms with E-state index in [4.69, 9.17) is 9.47 Å². The lowest BCUT2D eigenvalue weighted by Crippen LogP contribution is -2.23. The molecule has 1 N–H and O–H groups in total. The van der Waals surface area contributed by atoms with E-state index >= 15 is 0 Å². The molecule has 0 saturated carbocycles. The zero-order valence-corrected chi connectivity index (χ0v) is 8.06. The van der Waals surface area contributed by atoms with Gasteiger partial charge in [0.1, 0.15) is 0 Å². The van der Waals surface area contributed by atoms with Crippen molar-refractivity contribution in [1.29, 1.82) is 0 Å². The first-order valence-electron chi connectivity index (χ1n) is 4.19. The number of hydrogen-bond donors (Lipinski definition) is 1. The molecule has 12 heavy (non-hydrogen) atoms. The molecule has 3 nitrogen and oxygen atoms in total. The van der Waals surface area contributed by atoms with Gasteiger partial charge in [0.2, 0.25) is 0 Å². The minimum absolute atomic E-state index is 0.659. The van der Waals surface area contributed by atoms with Gasteiger partial charge in [0.25, 0.3) is 0 Å². The fourth-order valence-corrected chi connectivity index (χ4v) is 0.690. The Balaban J connectivity index is 2.86. The van der Waals surface area contributed by atoms with Gasteiger partial charge in [0.05, 0.1) is 19.8 Å². The van der Waals surface area contributed by atoms with Crippen molar-refractivity contribution >= 4 is 0 Å². The molecule has 0 aliphatic rings. The molecule has 3 heteroatoms.